The van der Waals surface area contributed by atoms with Gasteiger partial charge >= 0.3 is 0 Å². The van der Waals surface area contributed by atoms with Crippen LogP contribution < -0.4 is 10.6 Å². The maximum atomic E-state index is 4.18. The van der Waals surface area contributed by atoms with E-state index in [0.29, 0.717) is 5.70 Å². The average Bonchev–Trinajstić information content (AvgIpc) is 2.62. The van der Waals surface area contributed by atoms with E-state index in [1.807, 2.05) is 86.8 Å². The molecule has 0 fully saturated rings. The first-order valence-electron chi connectivity index (χ1n) is 7.73. The van der Waals surface area contributed by atoms with Crippen LogP contribution in [0.25, 0.3) is 0 Å². The zero-order valence-electron chi connectivity index (χ0n) is 14.0. The smallest absolute Gasteiger partial charge is 0.0858 e. The number of allylic oxidation sites excluding steroid dienone is 4. The molecule has 24 heavy (non-hydrogen) atoms. The summed E-state index contributed by atoms with van der Waals surface area (Å²) in [6, 6.07) is 17.8. The number of nitrogens with one attached hydrogen (secondary N) is 2. The molecule has 0 saturated heterocycles. The van der Waals surface area contributed by atoms with Gasteiger partial charge in [0.05, 0.1) is 11.4 Å². The van der Waals surface area contributed by atoms with Gasteiger partial charge in [0.2, 0.25) is 0 Å². The number of rotatable bonds is 7. The van der Waals surface area contributed by atoms with Gasteiger partial charge in [0.15, 0.2) is 0 Å². The van der Waals surface area contributed by atoms with Gasteiger partial charge in [0.1, 0.15) is 0 Å². The van der Waals surface area contributed by atoms with Gasteiger partial charge in [-0.15, -0.1) is 0 Å². The van der Waals surface area contributed by atoms with Crippen molar-refractivity contribution in [1.29, 1.82) is 0 Å². The molecular weight excluding hydrogens is 296 g/mol. The van der Waals surface area contributed by atoms with Crippen molar-refractivity contribution >= 4 is 17.1 Å². The molecular formula is C20H22N4. The molecule has 122 valence electrons. The van der Waals surface area contributed by atoms with Gasteiger partial charge in [0.25, 0.3) is 0 Å². The quantitative estimate of drug-likeness (QED) is 0.507. The van der Waals surface area contributed by atoms with Crippen LogP contribution in [0.1, 0.15) is 6.92 Å². The Labute approximate surface area is 143 Å². The van der Waals surface area contributed by atoms with E-state index >= 15 is 0 Å². The molecule has 0 bridgehead atoms. The molecule has 0 saturated carbocycles. The van der Waals surface area contributed by atoms with Crippen LogP contribution in [-0.4, -0.2) is 7.05 Å². The normalized spacial score (nSPS) is 11.8. The Bertz CT molecular complexity index is 741. The molecule has 2 aromatic rings. The lowest BCUT2D eigenvalue weighted by Crippen LogP contribution is -2.00. The van der Waals surface area contributed by atoms with Crippen LogP contribution in [0.15, 0.2) is 101 Å². The number of nitrogens with zero attached hydrogens (tertiary/aromatic N) is 2. The Morgan fingerprint density at radius 2 is 1.67 bits per heavy atom. The highest BCUT2D eigenvalue weighted by atomic mass is 15.1. The van der Waals surface area contributed by atoms with E-state index in [1.54, 1.807) is 0 Å². The second kappa shape index (κ2) is 9.10. The standard InChI is InChI=1S/C20H22N4/c1-16(21-3)8-7-9-17(2)23-24-20-14-12-19(13-15-20)22-18-10-5-4-6-11-18/h4-15,21-22H,2H2,1,3H3/b9-7-,16-8-,24-23+. The first kappa shape index (κ1) is 17.2. The van der Waals surface area contributed by atoms with Gasteiger partial charge < -0.3 is 10.6 Å². The van der Waals surface area contributed by atoms with Gasteiger partial charge in [-0.2, -0.15) is 10.2 Å². The molecule has 4 heteroatoms. The number of benzene rings is 2. The Hall–Kier alpha value is -3.14. The molecule has 0 amide bonds. The number of para-hydroxylation sites is 1. The molecule has 0 unspecified atom stereocenters. The number of hydrogen-bond donors (Lipinski definition) is 2. The van der Waals surface area contributed by atoms with Crippen molar-refractivity contribution in [1.82, 2.24) is 5.32 Å². The van der Waals surface area contributed by atoms with Crippen LogP contribution in [0.5, 0.6) is 0 Å². The zero-order valence-corrected chi connectivity index (χ0v) is 14.0. The van der Waals surface area contributed by atoms with Gasteiger partial charge in [-0.1, -0.05) is 30.9 Å². The minimum atomic E-state index is 0.599. The van der Waals surface area contributed by atoms with E-state index in [-0.39, 0.29) is 0 Å². The predicted octanol–water partition coefficient (Wildman–Crippen LogP) is 5.71. The largest absolute Gasteiger partial charge is 0.392 e. The topological polar surface area (TPSA) is 48.8 Å². The lowest BCUT2D eigenvalue weighted by atomic mass is 10.2. The van der Waals surface area contributed by atoms with E-state index < -0.39 is 0 Å². The monoisotopic (exact) mass is 318 g/mol. The fourth-order valence-corrected chi connectivity index (χ4v) is 1.84. The minimum Gasteiger partial charge on any atom is -0.392 e. The van der Waals surface area contributed by atoms with Gasteiger partial charge in [-0.25, -0.2) is 0 Å². The van der Waals surface area contributed by atoms with E-state index in [1.165, 1.54) is 0 Å². The highest BCUT2D eigenvalue weighted by molar-refractivity contribution is 5.61. The van der Waals surface area contributed by atoms with Crippen LogP contribution in [0.2, 0.25) is 0 Å². The van der Waals surface area contributed by atoms with Crippen molar-refractivity contribution in [2.24, 2.45) is 10.2 Å². The molecule has 0 aromatic heterocycles. The Morgan fingerprint density at radius 3 is 2.33 bits per heavy atom. The summed E-state index contributed by atoms with van der Waals surface area (Å²) in [6.07, 6.45) is 5.65. The van der Waals surface area contributed by atoms with Crippen molar-refractivity contribution in [2.45, 2.75) is 6.92 Å². The summed E-state index contributed by atoms with van der Waals surface area (Å²) >= 11 is 0. The Morgan fingerprint density at radius 1 is 1.00 bits per heavy atom. The molecule has 4 nitrogen and oxygen atoms in total. The molecule has 0 aliphatic carbocycles. The zero-order chi connectivity index (χ0) is 17.2. The van der Waals surface area contributed by atoms with E-state index in [0.717, 1.165) is 22.8 Å². The molecule has 2 aromatic carbocycles. The summed E-state index contributed by atoms with van der Waals surface area (Å²) in [6.45, 7) is 5.84. The number of hydrogen-bond acceptors (Lipinski definition) is 4. The van der Waals surface area contributed by atoms with E-state index in [4.69, 9.17) is 0 Å². The van der Waals surface area contributed by atoms with Crippen LogP contribution in [-0.2, 0) is 0 Å². The summed E-state index contributed by atoms with van der Waals surface area (Å²) < 4.78 is 0. The van der Waals surface area contributed by atoms with Crippen molar-refractivity contribution in [2.75, 3.05) is 12.4 Å². The summed E-state index contributed by atoms with van der Waals surface area (Å²) in [5.41, 5.74) is 4.51. The molecule has 0 radical (unpaired) electrons. The third-order valence-electron chi connectivity index (χ3n) is 3.25. The van der Waals surface area contributed by atoms with Gasteiger partial charge in [0, 0.05) is 24.1 Å². The van der Waals surface area contributed by atoms with Crippen molar-refractivity contribution in [3.8, 4) is 0 Å². The third kappa shape index (κ3) is 5.93. The van der Waals surface area contributed by atoms with Crippen LogP contribution in [0, 0.1) is 0 Å². The molecule has 0 aliphatic heterocycles. The highest BCUT2D eigenvalue weighted by Crippen LogP contribution is 2.20. The first-order valence-corrected chi connectivity index (χ1v) is 7.73. The van der Waals surface area contributed by atoms with Crippen molar-refractivity contribution < 1.29 is 0 Å². The van der Waals surface area contributed by atoms with E-state index in [9.17, 15) is 0 Å². The maximum absolute atomic E-state index is 4.18. The summed E-state index contributed by atoms with van der Waals surface area (Å²) in [5.74, 6) is 0. The van der Waals surface area contributed by atoms with Gasteiger partial charge in [-0.05, 0) is 55.5 Å². The fourth-order valence-electron chi connectivity index (χ4n) is 1.84. The Balaban J connectivity index is 1.92. The van der Waals surface area contributed by atoms with Crippen LogP contribution >= 0.6 is 0 Å². The third-order valence-corrected chi connectivity index (χ3v) is 3.25. The molecule has 0 atom stereocenters. The molecule has 0 aliphatic rings. The molecule has 2 rings (SSSR count). The summed E-state index contributed by atoms with van der Waals surface area (Å²) in [7, 11) is 1.88. The number of azo groups is 1. The molecule has 0 spiro atoms. The number of anilines is 2. The fraction of sp³-hybridized carbons (Fsp3) is 0.100. The average molecular weight is 318 g/mol. The summed E-state index contributed by atoms with van der Waals surface area (Å²) in [5, 5.41) is 14.7. The second-order valence-electron chi connectivity index (χ2n) is 5.19. The molecule has 0 heterocycles. The van der Waals surface area contributed by atoms with Crippen molar-refractivity contribution in [3.63, 3.8) is 0 Å². The minimum absolute atomic E-state index is 0.599. The molecule has 2 N–H and O–H groups in total. The second-order valence-corrected chi connectivity index (χ2v) is 5.19. The van der Waals surface area contributed by atoms with Crippen LogP contribution in [0.4, 0.5) is 17.1 Å². The van der Waals surface area contributed by atoms with Crippen molar-refractivity contribution in [3.05, 3.63) is 90.8 Å². The van der Waals surface area contributed by atoms with Crippen LogP contribution in [0.3, 0.4) is 0 Å². The summed E-state index contributed by atoms with van der Waals surface area (Å²) in [4.78, 5) is 0. The predicted molar refractivity (Wildman–Crippen MR) is 102 cm³/mol. The highest BCUT2D eigenvalue weighted by Gasteiger charge is 1.94. The van der Waals surface area contributed by atoms with E-state index in [2.05, 4.69) is 27.4 Å². The Kier molecular flexibility index (Phi) is 6.53. The lowest BCUT2D eigenvalue weighted by Gasteiger charge is -2.05. The maximum Gasteiger partial charge on any atom is 0.0858 e. The first-order chi connectivity index (χ1) is 11.7. The van der Waals surface area contributed by atoms with Gasteiger partial charge in [-0.3, -0.25) is 0 Å². The lowest BCUT2D eigenvalue weighted by molar-refractivity contribution is 0.990. The SMILES string of the molecule is C=C(/C=C\C=C(\C)NC)/N=N/c1ccc(Nc2ccccc2)cc1.